The Morgan fingerprint density at radius 2 is 1.68 bits per heavy atom. The SMILES string of the molecule is COC(=O)N1CCN(c2ccc3c(=O)n(-c4ccc(OC(F)(F)F)c(NC(=O)C5(N6CCOCC6)CC5)c4)cnc3c2)CC1. The van der Waals surface area contributed by atoms with Crippen molar-refractivity contribution < 1.29 is 37.0 Å². The lowest BCUT2D eigenvalue weighted by Gasteiger charge is -2.35. The van der Waals surface area contributed by atoms with Gasteiger partial charge in [0.2, 0.25) is 5.91 Å². The van der Waals surface area contributed by atoms with Gasteiger partial charge in [-0.15, -0.1) is 13.2 Å². The van der Waals surface area contributed by atoms with E-state index in [2.05, 4.69) is 19.9 Å². The van der Waals surface area contributed by atoms with Gasteiger partial charge in [-0.3, -0.25) is 19.1 Å². The number of piperazine rings is 1. The van der Waals surface area contributed by atoms with Crippen LogP contribution in [0.1, 0.15) is 12.8 Å². The average molecular weight is 617 g/mol. The number of nitrogens with zero attached hydrogens (tertiary/aromatic N) is 5. The quantitative estimate of drug-likeness (QED) is 0.446. The second-order valence-corrected chi connectivity index (χ2v) is 10.9. The molecule has 2 amide bonds. The van der Waals surface area contributed by atoms with Crippen LogP contribution in [-0.2, 0) is 14.3 Å². The molecule has 2 aromatic carbocycles. The first-order valence-electron chi connectivity index (χ1n) is 14.2. The fraction of sp³-hybridized carbons (Fsp3) is 0.448. The van der Waals surface area contributed by atoms with E-state index >= 15 is 0 Å². The molecule has 3 aliphatic rings. The number of morpholine rings is 1. The Morgan fingerprint density at radius 1 is 0.977 bits per heavy atom. The number of carbonyl (C=O) groups excluding carboxylic acids is 2. The highest BCUT2D eigenvalue weighted by molar-refractivity contribution is 6.01. The number of amides is 2. The van der Waals surface area contributed by atoms with Gasteiger partial charge in [0.05, 0.1) is 42.6 Å². The third kappa shape index (κ3) is 5.88. The highest BCUT2D eigenvalue weighted by Crippen LogP contribution is 2.44. The van der Waals surface area contributed by atoms with Crippen molar-refractivity contribution in [1.82, 2.24) is 19.4 Å². The number of methoxy groups -OCH3 is 1. The van der Waals surface area contributed by atoms with Crippen molar-refractivity contribution in [1.29, 1.82) is 0 Å². The van der Waals surface area contributed by atoms with Crippen molar-refractivity contribution in [2.45, 2.75) is 24.7 Å². The lowest BCUT2D eigenvalue weighted by atomic mass is 10.1. The normalized spacial score (nSPS) is 18.6. The fourth-order valence-electron chi connectivity index (χ4n) is 5.78. The lowest BCUT2D eigenvalue weighted by molar-refractivity contribution is -0.274. The largest absolute Gasteiger partial charge is 0.573 e. The summed E-state index contributed by atoms with van der Waals surface area (Å²) in [5.41, 5.74) is 0.00263. The highest BCUT2D eigenvalue weighted by Gasteiger charge is 2.54. The molecule has 12 nitrogen and oxygen atoms in total. The maximum absolute atomic E-state index is 13.5. The second kappa shape index (κ2) is 11.6. The van der Waals surface area contributed by atoms with Crippen LogP contribution in [0.3, 0.4) is 0 Å². The minimum absolute atomic E-state index is 0.202. The molecule has 15 heteroatoms. The molecule has 44 heavy (non-hydrogen) atoms. The summed E-state index contributed by atoms with van der Waals surface area (Å²) < 4.78 is 55.3. The number of fused-ring (bicyclic) bond motifs is 1. The molecule has 0 atom stereocenters. The summed E-state index contributed by atoms with van der Waals surface area (Å²) in [4.78, 5) is 48.8. The molecule has 0 spiro atoms. The van der Waals surface area contributed by atoms with Gasteiger partial charge in [-0.1, -0.05) is 0 Å². The maximum Gasteiger partial charge on any atom is 0.573 e. The summed E-state index contributed by atoms with van der Waals surface area (Å²) >= 11 is 0. The van der Waals surface area contributed by atoms with Crippen LogP contribution >= 0.6 is 0 Å². The fourth-order valence-corrected chi connectivity index (χ4v) is 5.78. The zero-order chi connectivity index (χ0) is 31.1. The van der Waals surface area contributed by atoms with Crippen molar-refractivity contribution in [3.05, 3.63) is 53.1 Å². The van der Waals surface area contributed by atoms with Crippen LogP contribution in [0.5, 0.6) is 5.75 Å². The van der Waals surface area contributed by atoms with E-state index in [-0.39, 0.29) is 17.5 Å². The van der Waals surface area contributed by atoms with E-state index < -0.39 is 29.1 Å². The summed E-state index contributed by atoms with van der Waals surface area (Å²) in [6.07, 6.45) is -2.93. The average Bonchev–Trinajstić information content (AvgIpc) is 3.84. The summed E-state index contributed by atoms with van der Waals surface area (Å²) in [5.74, 6) is -1.03. The summed E-state index contributed by atoms with van der Waals surface area (Å²) in [6, 6.07) is 8.86. The molecule has 1 N–H and O–H groups in total. The van der Waals surface area contributed by atoms with Gasteiger partial charge in [-0.05, 0) is 49.2 Å². The number of hydrogen-bond donors (Lipinski definition) is 1. The van der Waals surface area contributed by atoms with Crippen LogP contribution in [0.25, 0.3) is 16.6 Å². The Kier molecular flexibility index (Phi) is 7.84. The van der Waals surface area contributed by atoms with Crippen LogP contribution in [0.4, 0.5) is 29.3 Å². The van der Waals surface area contributed by atoms with Crippen LogP contribution in [0, 0.1) is 0 Å². The van der Waals surface area contributed by atoms with Crippen LogP contribution in [-0.4, -0.2) is 103 Å². The van der Waals surface area contributed by atoms with Crippen molar-refractivity contribution in [2.24, 2.45) is 0 Å². The summed E-state index contributed by atoms with van der Waals surface area (Å²) in [7, 11) is 1.34. The number of aromatic nitrogens is 2. The Morgan fingerprint density at radius 3 is 2.34 bits per heavy atom. The smallest absolute Gasteiger partial charge is 0.453 e. The topological polar surface area (TPSA) is 118 Å². The van der Waals surface area contributed by atoms with Crippen LogP contribution < -0.4 is 20.5 Å². The third-order valence-electron chi connectivity index (χ3n) is 8.30. The van der Waals surface area contributed by atoms with Crippen molar-refractivity contribution >= 4 is 34.3 Å². The number of anilines is 2. The Balaban J connectivity index is 1.27. The van der Waals surface area contributed by atoms with Crippen LogP contribution in [0.15, 0.2) is 47.5 Å². The van der Waals surface area contributed by atoms with Gasteiger partial charge in [-0.2, -0.15) is 0 Å². The molecule has 1 aromatic heterocycles. The van der Waals surface area contributed by atoms with Crippen molar-refractivity contribution in [3.63, 3.8) is 0 Å². The Hall–Kier alpha value is -4.37. The molecular formula is C29H31F3N6O6. The predicted octanol–water partition coefficient (Wildman–Crippen LogP) is 2.98. The number of benzene rings is 2. The molecule has 3 fully saturated rings. The standard InChI is InChI=1S/C29H31F3N6O6/c1-42-27(41)36-10-8-35(9-11-36)19-2-4-21-22(16-19)33-18-38(25(21)39)20-3-5-24(44-29(30,31)32)23(17-20)34-26(40)28(6-7-28)37-12-14-43-15-13-37/h2-5,16-18H,6-15H2,1H3,(H,34,40). The number of alkyl halides is 3. The van der Waals surface area contributed by atoms with E-state index in [1.54, 1.807) is 23.1 Å². The molecule has 0 radical (unpaired) electrons. The molecule has 234 valence electrons. The molecule has 3 aromatic rings. The molecule has 0 bridgehead atoms. The van der Waals surface area contributed by atoms with E-state index in [1.807, 2.05) is 4.90 Å². The number of carbonyl (C=O) groups is 2. The summed E-state index contributed by atoms with van der Waals surface area (Å²) in [5, 5.41) is 2.94. The maximum atomic E-state index is 13.5. The number of rotatable bonds is 6. The number of nitrogens with one attached hydrogen (secondary N) is 1. The van der Waals surface area contributed by atoms with E-state index in [0.29, 0.717) is 76.2 Å². The molecule has 1 saturated carbocycles. The van der Waals surface area contributed by atoms with Gasteiger partial charge in [0.25, 0.3) is 5.56 Å². The number of ether oxygens (including phenoxy) is 3. The van der Waals surface area contributed by atoms with E-state index in [9.17, 15) is 27.6 Å². The second-order valence-electron chi connectivity index (χ2n) is 10.9. The molecule has 6 rings (SSSR count). The zero-order valence-corrected chi connectivity index (χ0v) is 23.9. The Labute approximate surface area is 249 Å². The number of hydrogen-bond acceptors (Lipinski definition) is 9. The minimum atomic E-state index is -4.99. The molecule has 1 aliphatic carbocycles. The summed E-state index contributed by atoms with van der Waals surface area (Å²) in [6.45, 7) is 4.15. The van der Waals surface area contributed by atoms with Crippen molar-refractivity contribution in [2.75, 3.05) is 69.8 Å². The third-order valence-corrected chi connectivity index (χ3v) is 8.30. The van der Waals surface area contributed by atoms with Crippen molar-refractivity contribution in [3.8, 4) is 11.4 Å². The Bertz CT molecular complexity index is 1630. The number of halogens is 3. The van der Waals surface area contributed by atoms with Gasteiger partial charge in [0.1, 0.15) is 11.9 Å². The van der Waals surface area contributed by atoms with E-state index in [1.165, 1.54) is 30.1 Å². The van der Waals surface area contributed by atoms with Gasteiger partial charge < -0.3 is 29.3 Å². The first kappa shape index (κ1) is 29.7. The molecular weight excluding hydrogens is 585 g/mol. The molecule has 0 unspecified atom stereocenters. The predicted molar refractivity (Wildman–Crippen MR) is 153 cm³/mol. The zero-order valence-electron chi connectivity index (χ0n) is 23.9. The van der Waals surface area contributed by atoms with E-state index in [0.717, 1.165) is 11.8 Å². The first-order chi connectivity index (χ1) is 21.1. The molecule has 2 aliphatic heterocycles. The first-order valence-corrected chi connectivity index (χ1v) is 14.2. The van der Waals surface area contributed by atoms with Crippen LogP contribution in [0.2, 0.25) is 0 Å². The highest BCUT2D eigenvalue weighted by atomic mass is 19.4. The molecule has 3 heterocycles. The van der Waals surface area contributed by atoms with Gasteiger partial charge in [0, 0.05) is 45.0 Å². The molecule has 2 saturated heterocycles. The van der Waals surface area contributed by atoms with Gasteiger partial charge in [0.15, 0.2) is 5.75 Å². The van der Waals surface area contributed by atoms with Gasteiger partial charge >= 0.3 is 12.5 Å². The minimum Gasteiger partial charge on any atom is -0.453 e. The monoisotopic (exact) mass is 616 g/mol. The lowest BCUT2D eigenvalue weighted by Crippen LogP contribution is -2.51. The van der Waals surface area contributed by atoms with Gasteiger partial charge in [-0.25, -0.2) is 9.78 Å². The van der Waals surface area contributed by atoms with E-state index in [4.69, 9.17) is 9.47 Å².